The molecule has 2 heterocycles. The average Bonchev–Trinajstić information content (AvgIpc) is 3.23. The maximum Gasteiger partial charge on any atom is 0.217 e. The maximum atomic E-state index is 10.9. The molecule has 2 rings (SSSR count). The fourth-order valence-electron chi connectivity index (χ4n) is 2.22. The van der Waals surface area contributed by atoms with Gasteiger partial charge in [0, 0.05) is 18.8 Å². The van der Waals surface area contributed by atoms with Crippen molar-refractivity contribution < 1.29 is 9.21 Å². The van der Waals surface area contributed by atoms with Gasteiger partial charge in [-0.15, -0.1) is 11.3 Å². The Hall–Kier alpha value is -2.35. The van der Waals surface area contributed by atoms with Crippen LogP contribution in [0.5, 0.6) is 0 Å². The maximum absolute atomic E-state index is 10.9. The van der Waals surface area contributed by atoms with Crippen molar-refractivity contribution in [3.05, 3.63) is 23.3 Å². The largest absolute Gasteiger partial charge is 0.458 e. The third-order valence-electron chi connectivity index (χ3n) is 3.86. The van der Waals surface area contributed by atoms with Gasteiger partial charge in [-0.05, 0) is 18.1 Å². The summed E-state index contributed by atoms with van der Waals surface area (Å²) in [6, 6.07) is 3.65. The molecule has 0 saturated carbocycles. The molecule has 0 atom stereocenters. The van der Waals surface area contributed by atoms with Crippen molar-refractivity contribution in [1.29, 1.82) is 0 Å². The van der Waals surface area contributed by atoms with Gasteiger partial charge < -0.3 is 20.8 Å². The van der Waals surface area contributed by atoms with Crippen LogP contribution < -0.4 is 16.4 Å². The topological polar surface area (TPSA) is 106 Å². The minimum atomic E-state index is -0.0976. The van der Waals surface area contributed by atoms with Crippen LogP contribution in [0.2, 0.25) is 0 Å². The molecule has 1 amide bonds. The molecule has 0 aliphatic rings. The van der Waals surface area contributed by atoms with Crippen molar-refractivity contribution in [3.63, 3.8) is 0 Å². The van der Waals surface area contributed by atoms with Crippen molar-refractivity contribution in [2.24, 2.45) is 16.6 Å². The number of nitrogens with two attached hydrogens (primary N) is 1. The van der Waals surface area contributed by atoms with E-state index in [1.165, 1.54) is 18.3 Å². The number of nitrogens with zero attached hydrogens (tertiary/aromatic N) is 2. The van der Waals surface area contributed by atoms with Gasteiger partial charge in [0.2, 0.25) is 11.0 Å². The molecule has 136 valence electrons. The third kappa shape index (κ3) is 5.90. The van der Waals surface area contributed by atoms with Crippen molar-refractivity contribution in [3.8, 4) is 11.5 Å². The second kappa shape index (κ2) is 9.22. The van der Waals surface area contributed by atoms with Crippen LogP contribution >= 0.6 is 11.3 Å². The second-order valence-corrected chi connectivity index (χ2v) is 6.59. The molecule has 2 aromatic rings. The number of furan rings is 1. The zero-order valence-electron chi connectivity index (χ0n) is 14.8. The molecule has 0 aliphatic carbocycles. The van der Waals surface area contributed by atoms with E-state index in [1.807, 2.05) is 17.5 Å². The lowest BCUT2D eigenvalue weighted by Gasteiger charge is -2.13. The molecule has 8 heteroatoms. The van der Waals surface area contributed by atoms with Crippen molar-refractivity contribution >= 4 is 28.3 Å². The Balaban J connectivity index is 1.97. The number of thiazole rings is 1. The van der Waals surface area contributed by atoms with Crippen molar-refractivity contribution in [2.45, 2.75) is 40.2 Å². The predicted molar refractivity (Wildman–Crippen MR) is 101 cm³/mol. The molecule has 0 fully saturated rings. The van der Waals surface area contributed by atoms with Gasteiger partial charge in [-0.1, -0.05) is 26.7 Å². The van der Waals surface area contributed by atoms with E-state index in [9.17, 15) is 4.79 Å². The number of carbonyl (C=O) groups is 1. The van der Waals surface area contributed by atoms with Gasteiger partial charge in [0.1, 0.15) is 11.5 Å². The predicted octanol–water partition coefficient (Wildman–Crippen LogP) is 3.01. The Labute approximate surface area is 151 Å². The summed E-state index contributed by atoms with van der Waals surface area (Å²) in [5.41, 5.74) is 6.62. The van der Waals surface area contributed by atoms with Crippen LogP contribution in [0, 0.1) is 5.92 Å². The normalized spacial score (nSPS) is 11.8. The highest BCUT2D eigenvalue weighted by molar-refractivity contribution is 7.13. The number of aliphatic imine (C=N–C) groups is 1. The van der Waals surface area contributed by atoms with E-state index in [1.54, 1.807) is 0 Å². The highest BCUT2D eigenvalue weighted by Crippen LogP contribution is 2.28. The van der Waals surface area contributed by atoms with Gasteiger partial charge in [0.15, 0.2) is 11.7 Å². The molecule has 0 bridgehead atoms. The number of hydrogen-bond donors (Lipinski definition) is 3. The number of amides is 1. The van der Waals surface area contributed by atoms with E-state index in [4.69, 9.17) is 10.2 Å². The highest BCUT2D eigenvalue weighted by Gasteiger charge is 2.10. The standard InChI is InChI=1S/C17H25N5O2S/c1-4-12(5-2)8-20-16(18)22-17-21-14(10-25-17)15-7-6-13(24-15)9-19-11(3)23/h6-7,10,12H,4-5,8-9H2,1-3H3,(H,19,23)(H3,18,20,21,22). The van der Waals surface area contributed by atoms with E-state index in [0.717, 1.165) is 19.4 Å². The van der Waals surface area contributed by atoms with Crippen LogP contribution in [0.15, 0.2) is 26.9 Å². The second-order valence-electron chi connectivity index (χ2n) is 5.75. The van der Waals surface area contributed by atoms with Crippen LogP contribution in [0.1, 0.15) is 39.4 Å². The fraction of sp³-hybridized carbons (Fsp3) is 0.471. The fourth-order valence-corrected chi connectivity index (χ4v) is 2.91. The summed E-state index contributed by atoms with van der Waals surface area (Å²) in [6.45, 7) is 6.97. The number of hydrogen-bond acceptors (Lipinski definition) is 5. The number of rotatable bonds is 8. The van der Waals surface area contributed by atoms with E-state index >= 15 is 0 Å². The number of guanidine groups is 1. The van der Waals surface area contributed by atoms with Crippen LogP contribution in [0.3, 0.4) is 0 Å². The van der Waals surface area contributed by atoms with Crippen LogP contribution in [0.4, 0.5) is 5.13 Å². The summed E-state index contributed by atoms with van der Waals surface area (Å²) in [6.07, 6.45) is 2.22. The lowest BCUT2D eigenvalue weighted by Crippen LogP contribution is -2.34. The van der Waals surface area contributed by atoms with Gasteiger partial charge in [-0.25, -0.2) is 4.98 Å². The summed E-state index contributed by atoms with van der Waals surface area (Å²) in [5, 5.41) is 8.28. The molecule has 4 N–H and O–H groups in total. The van der Waals surface area contributed by atoms with Crippen LogP contribution in [-0.2, 0) is 11.3 Å². The monoisotopic (exact) mass is 363 g/mol. The van der Waals surface area contributed by atoms with Crippen LogP contribution in [-0.4, -0.2) is 23.4 Å². The first kappa shape index (κ1) is 19.0. The molecular formula is C17H25N5O2S. The smallest absolute Gasteiger partial charge is 0.217 e. The minimum Gasteiger partial charge on any atom is -0.458 e. The molecule has 0 aliphatic heterocycles. The molecule has 25 heavy (non-hydrogen) atoms. The van der Waals surface area contributed by atoms with E-state index < -0.39 is 0 Å². The number of nitrogens with one attached hydrogen (secondary N) is 2. The SMILES string of the molecule is CCC(CC)CN/C(N)=N/c1nc(-c2ccc(CNC(C)=O)o2)cs1. The van der Waals surface area contributed by atoms with E-state index in [2.05, 4.69) is 34.5 Å². The molecule has 0 spiro atoms. The summed E-state index contributed by atoms with van der Waals surface area (Å²) >= 11 is 1.40. The van der Waals surface area contributed by atoms with Gasteiger partial charge in [0.25, 0.3) is 0 Å². The molecule has 2 aromatic heterocycles. The summed E-state index contributed by atoms with van der Waals surface area (Å²) < 4.78 is 5.68. The summed E-state index contributed by atoms with van der Waals surface area (Å²) in [5.74, 6) is 2.18. The third-order valence-corrected chi connectivity index (χ3v) is 4.59. The summed E-state index contributed by atoms with van der Waals surface area (Å²) in [4.78, 5) is 19.7. The lowest BCUT2D eigenvalue weighted by molar-refractivity contribution is -0.119. The first-order chi connectivity index (χ1) is 12.0. The Bertz CT molecular complexity index is 718. The minimum absolute atomic E-state index is 0.0976. The first-order valence-corrected chi connectivity index (χ1v) is 9.26. The Morgan fingerprint density at radius 3 is 2.80 bits per heavy atom. The Kier molecular flexibility index (Phi) is 7.00. The highest BCUT2D eigenvalue weighted by atomic mass is 32.1. The van der Waals surface area contributed by atoms with Gasteiger partial charge in [-0.2, -0.15) is 4.99 Å². The zero-order valence-corrected chi connectivity index (χ0v) is 15.7. The van der Waals surface area contributed by atoms with Gasteiger partial charge in [0.05, 0.1) is 6.54 Å². The number of carbonyl (C=O) groups excluding carboxylic acids is 1. The lowest BCUT2D eigenvalue weighted by atomic mass is 10.0. The molecular weight excluding hydrogens is 338 g/mol. The van der Waals surface area contributed by atoms with E-state index in [0.29, 0.717) is 40.8 Å². The molecule has 7 nitrogen and oxygen atoms in total. The zero-order chi connectivity index (χ0) is 18.2. The molecule has 0 radical (unpaired) electrons. The Morgan fingerprint density at radius 2 is 2.12 bits per heavy atom. The summed E-state index contributed by atoms with van der Waals surface area (Å²) in [7, 11) is 0. The van der Waals surface area contributed by atoms with Crippen molar-refractivity contribution in [1.82, 2.24) is 15.6 Å². The average molecular weight is 363 g/mol. The van der Waals surface area contributed by atoms with E-state index in [-0.39, 0.29) is 5.91 Å². The van der Waals surface area contributed by atoms with Crippen molar-refractivity contribution in [2.75, 3.05) is 6.54 Å². The van der Waals surface area contributed by atoms with Gasteiger partial charge in [-0.3, -0.25) is 4.79 Å². The molecule has 0 aromatic carbocycles. The van der Waals surface area contributed by atoms with Gasteiger partial charge >= 0.3 is 0 Å². The van der Waals surface area contributed by atoms with Crippen LogP contribution in [0.25, 0.3) is 11.5 Å². The molecule has 0 unspecified atom stereocenters. The first-order valence-electron chi connectivity index (χ1n) is 8.38. The Morgan fingerprint density at radius 1 is 1.36 bits per heavy atom. The quantitative estimate of drug-likeness (QED) is 0.494. The molecule has 0 saturated heterocycles. The number of aromatic nitrogens is 1.